The quantitative estimate of drug-likeness (QED) is 0.0576. The average Bonchev–Trinajstić information content (AvgIpc) is 4.06. The molecule has 0 spiro atoms. The second-order valence-electron chi connectivity index (χ2n) is 22.2. The van der Waals surface area contributed by atoms with E-state index in [9.17, 15) is 38.7 Å². The van der Waals surface area contributed by atoms with Crippen molar-refractivity contribution in [2.75, 3.05) is 11.4 Å². The third-order valence-electron chi connectivity index (χ3n) is 14.0. The number of aliphatic hydroxyl groups is 1. The van der Waals surface area contributed by atoms with E-state index in [1.807, 2.05) is 94.7 Å². The summed E-state index contributed by atoms with van der Waals surface area (Å²) < 4.78 is 5.46. The van der Waals surface area contributed by atoms with Crippen LogP contribution in [-0.2, 0) is 52.8 Å². The summed E-state index contributed by atoms with van der Waals surface area (Å²) >= 11 is 1.57. The highest BCUT2D eigenvalue weighted by Gasteiger charge is 2.46. The molecule has 5 heterocycles. The van der Waals surface area contributed by atoms with Crippen LogP contribution in [0, 0.1) is 12.3 Å². The van der Waals surface area contributed by atoms with Gasteiger partial charge in [0.25, 0.3) is 0 Å². The SMILES string of the molecule is Cc1ncsc1-c1ccc([C@H](C)NC(=O)[C@@H]2C[C@@H](O)CN2C(=O)[C@@H](NC(=O)CCCCCc2ccnc(C(CCC(N)=O)NC(=O)[C@@H]3Cc4cccc5c4N3C(=O)[C@@H](NC(=O)OC(C)(C)C)CC5)c2)C(C)(C)C)cc1. The third kappa shape index (κ3) is 14.2. The number of carbonyl (C=O) groups is 7. The predicted molar refractivity (Wildman–Crippen MR) is 285 cm³/mol. The highest BCUT2D eigenvalue weighted by Crippen LogP contribution is 2.40. The van der Waals surface area contributed by atoms with Crippen LogP contribution in [0.2, 0.25) is 0 Å². The van der Waals surface area contributed by atoms with Crippen molar-refractivity contribution in [3.8, 4) is 10.4 Å². The number of rotatable bonds is 19. The first kappa shape index (κ1) is 56.0. The Bertz CT molecular complexity index is 2750. The topological polar surface area (TPSA) is 255 Å². The van der Waals surface area contributed by atoms with Crippen LogP contribution in [0.15, 0.2) is 66.3 Å². The molecule has 2 aromatic carbocycles. The molecule has 402 valence electrons. The Balaban J connectivity index is 0.926. The summed E-state index contributed by atoms with van der Waals surface area (Å²) in [6, 6.07) is 12.6. The fourth-order valence-corrected chi connectivity index (χ4v) is 11.0. The molecule has 4 aromatic rings. The lowest BCUT2D eigenvalue weighted by Gasteiger charge is -2.35. The fraction of sp³-hybridized carbons (Fsp3) is 0.518. The molecule has 7 rings (SSSR count). The molecule has 18 nitrogen and oxygen atoms in total. The molecule has 1 unspecified atom stereocenters. The number of aryl methyl sites for hydroxylation is 3. The second-order valence-corrected chi connectivity index (χ2v) is 23.0. The Kier molecular flexibility index (Phi) is 17.8. The molecule has 0 radical (unpaired) electrons. The van der Waals surface area contributed by atoms with Crippen LogP contribution in [0.4, 0.5) is 10.5 Å². The largest absolute Gasteiger partial charge is 0.444 e. The van der Waals surface area contributed by atoms with Crippen LogP contribution in [0.1, 0.15) is 146 Å². The Morgan fingerprint density at radius 3 is 2.29 bits per heavy atom. The number of primary amides is 1. The number of nitrogens with two attached hydrogens (primary N) is 1. The van der Waals surface area contributed by atoms with E-state index in [-0.39, 0.29) is 56.5 Å². The highest BCUT2D eigenvalue weighted by molar-refractivity contribution is 7.13. The summed E-state index contributed by atoms with van der Waals surface area (Å²) in [5.41, 5.74) is 12.7. The van der Waals surface area contributed by atoms with Crippen LogP contribution >= 0.6 is 11.3 Å². The number of para-hydroxylation sites is 1. The van der Waals surface area contributed by atoms with Crippen molar-refractivity contribution in [3.05, 3.63) is 99.9 Å². The van der Waals surface area contributed by atoms with E-state index in [1.165, 1.54) is 9.80 Å². The van der Waals surface area contributed by atoms with Crippen molar-refractivity contribution in [2.24, 2.45) is 11.1 Å². The number of pyridine rings is 1. The number of anilines is 1. The number of unbranched alkanes of at least 4 members (excludes halogenated alkanes) is 2. The van der Waals surface area contributed by atoms with Crippen molar-refractivity contribution in [3.63, 3.8) is 0 Å². The number of aliphatic hydroxyl groups excluding tert-OH is 1. The lowest BCUT2D eigenvalue weighted by atomic mass is 9.85. The molecule has 0 bridgehead atoms. The third-order valence-corrected chi connectivity index (χ3v) is 15.0. The number of benzene rings is 2. The summed E-state index contributed by atoms with van der Waals surface area (Å²) in [6.45, 7) is 14.6. The molecule has 0 aliphatic carbocycles. The lowest BCUT2D eigenvalue weighted by molar-refractivity contribution is -0.144. The van der Waals surface area contributed by atoms with Crippen molar-refractivity contribution in [1.82, 2.24) is 36.1 Å². The van der Waals surface area contributed by atoms with Crippen molar-refractivity contribution in [2.45, 2.75) is 174 Å². The summed E-state index contributed by atoms with van der Waals surface area (Å²) in [7, 11) is 0. The van der Waals surface area contributed by atoms with Crippen LogP contribution < -0.4 is 31.9 Å². The number of hydrogen-bond donors (Lipinski definition) is 6. The number of hydrogen-bond acceptors (Lipinski definition) is 12. The first-order valence-electron chi connectivity index (χ1n) is 26.0. The van der Waals surface area contributed by atoms with E-state index in [2.05, 4.69) is 31.2 Å². The van der Waals surface area contributed by atoms with Crippen LogP contribution in [-0.4, -0.2) is 104 Å². The molecular formula is C56H73N9O9S. The molecule has 7 N–H and O–H groups in total. The number of aromatic nitrogens is 2. The highest BCUT2D eigenvalue weighted by atomic mass is 32.1. The van der Waals surface area contributed by atoms with Crippen molar-refractivity contribution in [1.29, 1.82) is 0 Å². The zero-order chi connectivity index (χ0) is 54.4. The molecule has 1 fully saturated rings. The van der Waals surface area contributed by atoms with Crippen molar-refractivity contribution >= 4 is 58.6 Å². The van der Waals surface area contributed by atoms with Crippen LogP contribution in [0.25, 0.3) is 10.4 Å². The van der Waals surface area contributed by atoms with Gasteiger partial charge in [0, 0.05) is 38.4 Å². The normalized spacial score (nSPS) is 19.6. The summed E-state index contributed by atoms with van der Waals surface area (Å²) in [6.07, 6.45) is 4.06. The zero-order valence-electron chi connectivity index (χ0n) is 44.4. The van der Waals surface area contributed by atoms with Gasteiger partial charge in [-0.25, -0.2) is 9.78 Å². The number of carbonyl (C=O) groups excluding carboxylic acids is 7. The molecule has 0 saturated carbocycles. The molecule has 3 aliphatic rings. The Hall–Kier alpha value is -6.73. The standard InChI is InChI=1S/C56H73N9O9S/c1-32(35-17-19-37(20-18-35)48-33(2)59-31-75-48)60-50(69)43-29-39(66)30-64(43)53(72)49(55(3,4)5)63-46(68)16-11-9-10-13-34-25-26-58-42(27-34)40(23-24-45(57)67)61-51(70)44-28-38-15-12-14-36-21-22-41(52(71)65(44)47(36)38)62-54(73)74-56(6,7)8/h12,14-15,17-20,25-27,31-32,39-41,43-44,49,66H,9-11,13,16,21-24,28-30H2,1-8H3,(H2,57,67)(H,60,69)(H,61,70)(H,62,73)(H,63,68)/t32-,39+,40?,41-,43-,44-,49+/m0/s1. The molecule has 2 aromatic heterocycles. The molecule has 75 heavy (non-hydrogen) atoms. The molecule has 19 heteroatoms. The number of thiazole rings is 1. The Morgan fingerprint density at radius 1 is 0.893 bits per heavy atom. The van der Waals surface area contributed by atoms with Gasteiger partial charge in [-0.1, -0.05) is 69.7 Å². The second kappa shape index (κ2) is 23.9. The number of alkyl carbamates (subject to hydrolysis) is 1. The predicted octanol–water partition coefficient (Wildman–Crippen LogP) is 6.21. The molecule has 7 amide bonds. The van der Waals surface area contributed by atoms with E-state index in [1.54, 1.807) is 38.3 Å². The Morgan fingerprint density at radius 2 is 1.61 bits per heavy atom. The maximum atomic E-state index is 14.4. The number of amides is 7. The van der Waals surface area contributed by atoms with Gasteiger partial charge in [0.15, 0.2) is 0 Å². The number of nitrogens with one attached hydrogen (secondary N) is 4. The minimum absolute atomic E-state index is 0.0276. The van der Waals surface area contributed by atoms with E-state index in [0.29, 0.717) is 49.9 Å². The van der Waals surface area contributed by atoms with Gasteiger partial charge >= 0.3 is 6.09 Å². The van der Waals surface area contributed by atoms with E-state index in [4.69, 9.17) is 10.5 Å². The van der Waals surface area contributed by atoms with Gasteiger partial charge in [-0.2, -0.15) is 0 Å². The van der Waals surface area contributed by atoms with Crippen LogP contribution in [0.5, 0.6) is 0 Å². The molecule has 7 atom stereocenters. The smallest absolute Gasteiger partial charge is 0.408 e. The monoisotopic (exact) mass is 1050 g/mol. The molecular weight excluding hydrogens is 975 g/mol. The van der Waals surface area contributed by atoms with Crippen LogP contribution in [0.3, 0.4) is 0 Å². The van der Waals surface area contributed by atoms with Gasteiger partial charge in [0.05, 0.1) is 45.7 Å². The van der Waals surface area contributed by atoms with E-state index < -0.39 is 77.1 Å². The van der Waals surface area contributed by atoms with E-state index >= 15 is 0 Å². The first-order chi connectivity index (χ1) is 35.5. The van der Waals surface area contributed by atoms with E-state index in [0.717, 1.165) is 38.4 Å². The minimum Gasteiger partial charge on any atom is -0.444 e. The maximum Gasteiger partial charge on any atom is 0.408 e. The van der Waals surface area contributed by atoms with Gasteiger partial charge in [-0.05, 0) is 119 Å². The fourth-order valence-electron chi connectivity index (χ4n) is 10.2. The van der Waals surface area contributed by atoms with Gasteiger partial charge in [-0.15, -0.1) is 11.3 Å². The Labute approximate surface area is 443 Å². The molecule has 3 aliphatic heterocycles. The number of ether oxygens (including phenoxy) is 1. The lowest BCUT2D eigenvalue weighted by Crippen LogP contribution is -2.57. The number of nitrogens with zero attached hydrogens (tertiary/aromatic N) is 4. The van der Waals surface area contributed by atoms with Gasteiger partial charge < -0.3 is 41.7 Å². The minimum atomic E-state index is -0.951. The summed E-state index contributed by atoms with van der Waals surface area (Å²) in [5.74, 6) is -2.50. The van der Waals surface area contributed by atoms with Gasteiger partial charge in [0.2, 0.25) is 35.4 Å². The number of likely N-dealkylation sites (tertiary alicyclic amines) is 1. The number of β-amino-alcohol motifs (C(OH)–C–C–N with tert-alkyl or cyclic N) is 1. The van der Waals surface area contributed by atoms with Gasteiger partial charge in [0.1, 0.15) is 29.8 Å². The first-order valence-corrected chi connectivity index (χ1v) is 26.9. The van der Waals surface area contributed by atoms with Gasteiger partial charge in [-0.3, -0.25) is 38.7 Å². The van der Waals surface area contributed by atoms with Crippen molar-refractivity contribution < 1.29 is 43.4 Å². The molecule has 1 saturated heterocycles. The summed E-state index contributed by atoms with van der Waals surface area (Å²) in [4.78, 5) is 108. The average molecular weight is 1050 g/mol. The maximum absolute atomic E-state index is 14.4. The summed E-state index contributed by atoms with van der Waals surface area (Å²) in [5, 5.41) is 22.5. The zero-order valence-corrected chi connectivity index (χ0v) is 45.2.